The maximum absolute atomic E-state index is 12.1. The number of benzene rings is 1. The Labute approximate surface area is 121 Å². The van der Waals surface area contributed by atoms with Gasteiger partial charge in [-0.1, -0.05) is 24.3 Å². The van der Waals surface area contributed by atoms with Gasteiger partial charge in [-0.15, -0.1) is 23.1 Å². The van der Waals surface area contributed by atoms with Crippen LogP contribution in [0.4, 0.5) is 0 Å². The van der Waals surface area contributed by atoms with E-state index in [2.05, 4.69) is 28.9 Å². The Morgan fingerprint density at radius 3 is 2.95 bits per heavy atom. The zero-order valence-electron chi connectivity index (χ0n) is 10.5. The van der Waals surface area contributed by atoms with Gasteiger partial charge in [0.15, 0.2) is 0 Å². The minimum atomic E-state index is 0.0423. The summed E-state index contributed by atoms with van der Waals surface area (Å²) in [5.74, 6) is 0.165. The van der Waals surface area contributed by atoms with Crippen molar-refractivity contribution in [1.29, 1.82) is 0 Å². The van der Waals surface area contributed by atoms with Gasteiger partial charge < -0.3 is 5.32 Å². The van der Waals surface area contributed by atoms with Crippen molar-refractivity contribution < 1.29 is 4.79 Å². The maximum Gasteiger partial charge on any atom is 0.233 e. The Kier molecular flexibility index (Phi) is 3.89. The monoisotopic (exact) mass is 289 g/mol. The molecular weight excluding hydrogens is 274 g/mol. The summed E-state index contributed by atoms with van der Waals surface area (Å²) in [7, 11) is 0. The van der Waals surface area contributed by atoms with E-state index in [1.165, 1.54) is 15.3 Å². The first-order chi connectivity index (χ1) is 9.33. The molecule has 1 amide bonds. The Morgan fingerprint density at radius 2 is 2.16 bits per heavy atom. The Hall–Kier alpha value is -1.26. The molecule has 1 N–H and O–H groups in total. The Morgan fingerprint density at radius 1 is 1.26 bits per heavy atom. The first-order valence-corrected chi connectivity index (χ1v) is 8.13. The zero-order chi connectivity index (χ0) is 13.1. The van der Waals surface area contributed by atoms with Crippen LogP contribution in [-0.4, -0.2) is 17.7 Å². The van der Waals surface area contributed by atoms with Crippen molar-refractivity contribution in [3.05, 3.63) is 52.2 Å². The molecule has 1 aromatic carbocycles. The number of hydrogen-bond donors (Lipinski definition) is 1. The van der Waals surface area contributed by atoms with Gasteiger partial charge in [0.1, 0.15) is 0 Å². The van der Waals surface area contributed by atoms with Crippen molar-refractivity contribution in [2.75, 3.05) is 6.54 Å². The molecule has 0 radical (unpaired) electrons. The largest absolute Gasteiger partial charge is 0.355 e. The van der Waals surface area contributed by atoms with Gasteiger partial charge in [0.05, 0.1) is 5.25 Å². The van der Waals surface area contributed by atoms with Crippen LogP contribution in [0, 0.1) is 0 Å². The van der Waals surface area contributed by atoms with Crippen LogP contribution in [0.3, 0.4) is 0 Å². The number of thiophene rings is 1. The third kappa shape index (κ3) is 3.01. The van der Waals surface area contributed by atoms with Crippen molar-refractivity contribution in [1.82, 2.24) is 5.32 Å². The highest BCUT2D eigenvalue weighted by molar-refractivity contribution is 8.01. The van der Waals surface area contributed by atoms with Crippen LogP contribution in [0.25, 0.3) is 0 Å². The van der Waals surface area contributed by atoms with Crippen molar-refractivity contribution in [2.45, 2.75) is 23.0 Å². The normalized spacial score (nSPS) is 17.2. The van der Waals surface area contributed by atoms with E-state index in [9.17, 15) is 4.79 Å². The Bertz CT molecular complexity index is 540. The number of thioether (sulfide) groups is 1. The molecule has 1 aliphatic heterocycles. The Balaban J connectivity index is 1.50. The van der Waals surface area contributed by atoms with Crippen molar-refractivity contribution in [2.24, 2.45) is 0 Å². The molecule has 4 heteroatoms. The van der Waals surface area contributed by atoms with E-state index in [0.29, 0.717) is 0 Å². The van der Waals surface area contributed by atoms with Crippen LogP contribution >= 0.6 is 23.1 Å². The summed E-state index contributed by atoms with van der Waals surface area (Å²) in [4.78, 5) is 14.7. The smallest absolute Gasteiger partial charge is 0.233 e. The first kappa shape index (κ1) is 12.8. The average molecular weight is 289 g/mol. The van der Waals surface area contributed by atoms with Crippen LogP contribution in [-0.2, 0) is 17.6 Å². The van der Waals surface area contributed by atoms with Gasteiger partial charge >= 0.3 is 0 Å². The second kappa shape index (κ2) is 5.80. The van der Waals surface area contributed by atoms with Crippen molar-refractivity contribution in [3.63, 3.8) is 0 Å². The third-order valence-electron chi connectivity index (χ3n) is 3.19. The minimum Gasteiger partial charge on any atom is -0.355 e. The molecule has 0 aliphatic carbocycles. The summed E-state index contributed by atoms with van der Waals surface area (Å²) in [5, 5.41) is 5.16. The molecule has 0 fully saturated rings. The zero-order valence-corrected chi connectivity index (χ0v) is 12.1. The van der Waals surface area contributed by atoms with E-state index < -0.39 is 0 Å². The predicted molar refractivity (Wildman–Crippen MR) is 80.8 cm³/mol. The number of carbonyl (C=O) groups is 1. The number of nitrogens with one attached hydrogen (secondary N) is 1. The highest BCUT2D eigenvalue weighted by atomic mass is 32.2. The molecule has 2 nitrogen and oxygen atoms in total. The molecule has 0 spiro atoms. The molecule has 1 aromatic heterocycles. The lowest BCUT2D eigenvalue weighted by molar-refractivity contribution is -0.120. The molecule has 19 heavy (non-hydrogen) atoms. The van der Waals surface area contributed by atoms with Crippen molar-refractivity contribution in [3.8, 4) is 0 Å². The summed E-state index contributed by atoms with van der Waals surface area (Å²) < 4.78 is 0. The van der Waals surface area contributed by atoms with Crippen molar-refractivity contribution >= 4 is 29.0 Å². The predicted octanol–water partition coefficient (Wildman–Crippen LogP) is 3.12. The summed E-state index contributed by atoms with van der Waals surface area (Å²) in [6.45, 7) is 0.729. The molecule has 0 bridgehead atoms. The number of carbonyl (C=O) groups excluding carboxylic acids is 1. The highest BCUT2D eigenvalue weighted by Crippen LogP contribution is 2.36. The number of fused-ring (bicyclic) bond motifs is 1. The van der Waals surface area contributed by atoms with E-state index in [-0.39, 0.29) is 11.2 Å². The standard InChI is InChI=1S/C15H15NOS2/c17-15(16-8-7-12-5-3-9-18-12)14-10-11-4-1-2-6-13(11)19-14/h1-6,9,14H,7-8,10H2,(H,16,17). The number of rotatable bonds is 4. The lowest BCUT2D eigenvalue weighted by Gasteiger charge is -2.09. The second-order valence-electron chi connectivity index (χ2n) is 4.54. The van der Waals surface area contributed by atoms with Crippen LogP contribution < -0.4 is 5.32 Å². The van der Waals surface area contributed by atoms with E-state index in [4.69, 9.17) is 0 Å². The van der Waals surface area contributed by atoms with Gasteiger partial charge in [-0.25, -0.2) is 0 Å². The molecular formula is C15H15NOS2. The van der Waals surface area contributed by atoms with Crippen LogP contribution in [0.5, 0.6) is 0 Å². The van der Waals surface area contributed by atoms with Gasteiger partial charge in [-0.05, 0) is 35.9 Å². The van der Waals surface area contributed by atoms with Gasteiger partial charge in [-0.2, -0.15) is 0 Å². The minimum absolute atomic E-state index is 0.0423. The lowest BCUT2D eigenvalue weighted by Crippen LogP contribution is -2.33. The topological polar surface area (TPSA) is 29.1 Å². The molecule has 0 saturated heterocycles. The van der Waals surface area contributed by atoms with E-state index in [1.54, 1.807) is 23.1 Å². The van der Waals surface area contributed by atoms with E-state index in [0.717, 1.165) is 19.4 Å². The second-order valence-corrected chi connectivity index (χ2v) is 6.82. The lowest BCUT2D eigenvalue weighted by atomic mass is 10.1. The third-order valence-corrected chi connectivity index (χ3v) is 5.44. The fraction of sp³-hybridized carbons (Fsp3) is 0.267. The van der Waals surface area contributed by atoms with Gasteiger partial charge in [0.25, 0.3) is 0 Å². The van der Waals surface area contributed by atoms with Gasteiger partial charge in [0.2, 0.25) is 5.91 Å². The van der Waals surface area contributed by atoms with Crippen LogP contribution in [0.2, 0.25) is 0 Å². The molecule has 2 heterocycles. The van der Waals surface area contributed by atoms with E-state index >= 15 is 0 Å². The number of hydrogen-bond acceptors (Lipinski definition) is 3. The fourth-order valence-electron chi connectivity index (χ4n) is 2.21. The molecule has 3 rings (SSSR count). The molecule has 98 valence electrons. The molecule has 0 saturated carbocycles. The maximum atomic E-state index is 12.1. The van der Waals surface area contributed by atoms with Gasteiger partial charge in [-0.3, -0.25) is 4.79 Å². The van der Waals surface area contributed by atoms with Crippen LogP contribution in [0.1, 0.15) is 10.4 Å². The quantitative estimate of drug-likeness (QED) is 0.937. The summed E-state index contributed by atoms with van der Waals surface area (Å²) in [5.41, 5.74) is 1.30. The molecule has 1 aliphatic rings. The highest BCUT2D eigenvalue weighted by Gasteiger charge is 2.27. The SMILES string of the molecule is O=C(NCCc1cccs1)C1Cc2ccccc2S1. The molecule has 1 unspecified atom stereocenters. The average Bonchev–Trinajstić information content (AvgIpc) is 3.07. The summed E-state index contributed by atoms with van der Waals surface area (Å²) >= 11 is 3.42. The van der Waals surface area contributed by atoms with Gasteiger partial charge in [0, 0.05) is 16.3 Å². The molecule has 1 atom stereocenters. The molecule has 2 aromatic rings. The summed E-state index contributed by atoms with van der Waals surface area (Å²) in [6, 6.07) is 12.4. The van der Waals surface area contributed by atoms with Crippen LogP contribution in [0.15, 0.2) is 46.7 Å². The van der Waals surface area contributed by atoms with E-state index in [1.807, 2.05) is 18.2 Å². The number of amides is 1. The summed E-state index contributed by atoms with van der Waals surface area (Å²) in [6.07, 6.45) is 1.78. The fourth-order valence-corrected chi connectivity index (χ4v) is 4.13. The first-order valence-electron chi connectivity index (χ1n) is 6.37.